The van der Waals surface area contributed by atoms with Crippen LogP contribution in [0.3, 0.4) is 0 Å². The van der Waals surface area contributed by atoms with Crippen LogP contribution >= 0.6 is 0 Å². The van der Waals surface area contributed by atoms with E-state index in [4.69, 9.17) is 5.90 Å². The summed E-state index contributed by atoms with van der Waals surface area (Å²) in [5.41, 5.74) is 0. The van der Waals surface area contributed by atoms with Crippen molar-refractivity contribution in [2.75, 3.05) is 13.7 Å². The average Bonchev–Trinajstić information content (AvgIpc) is 1.83. The Bertz CT molecular complexity index is 73.7. The molecule has 0 aliphatic carbocycles. The van der Waals surface area contributed by atoms with Crippen molar-refractivity contribution in [1.29, 1.82) is 0 Å². The van der Waals surface area contributed by atoms with E-state index in [-0.39, 0.29) is 19.0 Å². The van der Waals surface area contributed by atoms with Crippen LogP contribution < -0.4 is 5.90 Å². The Morgan fingerprint density at radius 2 is 2.38 bits per heavy atom. The molecule has 0 fully saturated rings. The van der Waals surface area contributed by atoms with Crippen LogP contribution in [-0.4, -0.2) is 19.7 Å². The highest BCUT2D eigenvalue weighted by Gasteiger charge is 1.96. The quantitative estimate of drug-likeness (QED) is 0.371. The maximum Gasteiger partial charge on any atom is 0.307 e. The lowest BCUT2D eigenvalue weighted by atomic mass is 10.5. The third-order valence-electron chi connectivity index (χ3n) is 0.625. The minimum absolute atomic E-state index is 0.00727. The summed E-state index contributed by atoms with van der Waals surface area (Å²) in [6, 6.07) is 0. The monoisotopic (exact) mass is 117 g/mol. The predicted molar refractivity (Wildman–Crippen MR) is 24.7 cm³/mol. The summed E-state index contributed by atoms with van der Waals surface area (Å²) in [6.45, 7) is -0.00727. The molecule has 0 aromatic carbocycles. The van der Waals surface area contributed by atoms with Gasteiger partial charge in [0.2, 0.25) is 0 Å². The fraction of sp³-hybridized carbons (Fsp3) is 0.750. The lowest BCUT2D eigenvalue weighted by molar-refractivity contribution is -0.141. The lowest BCUT2D eigenvalue weighted by Gasteiger charge is -1.93. The molecular formula is C4H7NO3. The van der Waals surface area contributed by atoms with Crippen LogP contribution in [0.5, 0.6) is 0 Å². The van der Waals surface area contributed by atoms with Crippen molar-refractivity contribution in [3.05, 3.63) is 0 Å². The molecule has 0 atom stereocenters. The van der Waals surface area contributed by atoms with E-state index in [1.807, 2.05) is 0 Å². The third-order valence-corrected chi connectivity index (χ3v) is 0.625. The van der Waals surface area contributed by atoms with Gasteiger partial charge in [-0.05, 0) is 0 Å². The Labute approximate surface area is 47.5 Å². The van der Waals surface area contributed by atoms with E-state index in [1.54, 1.807) is 0 Å². The van der Waals surface area contributed by atoms with Crippen LogP contribution in [0.15, 0.2) is 0 Å². The van der Waals surface area contributed by atoms with Crippen molar-refractivity contribution in [2.45, 2.75) is 6.42 Å². The summed E-state index contributed by atoms with van der Waals surface area (Å²) in [6.07, 6.45) is 0.0903. The van der Waals surface area contributed by atoms with Gasteiger partial charge in [-0.15, -0.1) is 0 Å². The van der Waals surface area contributed by atoms with E-state index in [0.717, 1.165) is 0 Å². The van der Waals surface area contributed by atoms with Gasteiger partial charge in [0.1, 0.15) is 0 Å². The van der Waals surface area contributed by atoms with Crippen LogP contribution in [0.1, 0.15) is 6.42 Å². The van der Waals surface area contributed by atoms with E-state index < -0.39 is 0 Å². The Balaban J connectivity index is 2.99. The number of hydrogen-bond donors (Lipinski definition) is 0. The second kappa shape index (κ2) is 4.55. The summed E-state index contributed by atoms with van der Waals surface area (Å²) < 4.78 is 4.22. The highest BCUT2D eigenvalue weighted by molar-refractivity contribution is 5.69. The molecule has 0 bridgehead atoms. The second-order valence-electron chi connectivity index (χ2n) is 1.16. The van der Waals surface area contributed by atoms with Gasteiger partial charge in [-0.3, -0.25) is 9.63 Å². The molecule has 0 aromatic heterocycles. The van der Waals surface area contributed by atoms with Crippen LogP contribution in [0, 0.1) is 0 Å². The first-order valence-electron chi connectivity index (χ1n) is 2.14. The number of carbonyl (C=O) groups is 1. The van der Waals surface area contributed by atoms with Gasteiger partial charge in [0.15, 0.2) is 0 Å². The molecule has 0 aliphatic rings. The Morgan fingerprint density at radius 3 is 2.75 bits per heavy atom. The molecule has 0 N–H and O–H groups in total. The van der Waals surface area contributed by atoms with Gasteiger partial charge in [-0.25, -0.2) is 0 Å². The lowest BCUT2D eigenvalue weighted by Crippen LogP contribution is -2.04. The summed E-state index contributed by atoms with van der Waals surface area (Å²) in [4.78, 5) is 13.8. The average molecular weight is 117 g/mol. The van der Waals surface area contributed by atoms with Crippen LogP contribution in [0.2, 0.25) is 0 Å². The van der Waals surface area contributed by atoms with Crippen LogP contribution in [0.25, 0.3) is 0 Å². The molecule has 0 saturated carbocycles. The minimum atomic E-state index is -0.390. The first kappa shape index (κ1) is 7.39. The zero-order valence-corrected chi connectivity index (χ0v) is 4.59. The molecule has 0 amide bonds. The van der Waals surface area contributed by atoms with E-state index in [1.165, 1.54) is 7.11 Å². The maximum atomic E-state index is 10.2. The number of hydrogen-bond acceptors (Lipinski definition) is 3. The fourth-order valence-electron chi connectivity index (χ4n) is 0.231. The molecule has 0 heterocycles. The van der Waals surface area contributed by atoms with Gasteiger partial charge >= 0.3 is 5.97 Å². The summed E-state index contributed by atoms with van der Waals surface area (Å²) in [5.74, 6) is 7.31. The van der Waals surface area contributed by atoms with Gasteiger partial charge in [0.25, 0.3) is 0 Å². The molecule has 0 spiro atoms. The standard InChI is InChI=1S/C4H7NO3/c1-7-4(6)2-3-8-5/h2-3H2,1H3. The molecule has 2 radical (unpaired) electrons. The van der Waals surface area contributed by atoms with Crippen molar-refractivity contribution in [1.82, 2.24) is 5.90 Å². The van der Waals surface area contributed by atoms with Gasteiger partial charge in [0, 0.05) is 5.90 Å². The highest BCUT2D eigenvalue weighted by atomic mass is 16.6. The van der Waals surface area contributed by atoms with E-state index in [9.17, 15) is 4.79 Å². The molecule has 4 heteroatoms. The van der Waals surface area contributed by atoms with E-state index in [2.05, 4.69) is 9.57 Å². The van der Waals surface area contributed by atoms with Gasteiger partial charge < -0.3 is 4.74 Å². The topological polar surface area (TPSA) is 57.8 Å². The third kappa shape index (κ3) is 3.58. The largest absolute Gasteiger partial charge is 0.469 e. The molecule has 0 aliphatic heterocycles. The second-order valence-corrected chi connectivity index (χ2v) is 1.16. The Kier molecular flexibility index (Phi) is 4.20. The normalized spacial score (nSPS) is 8.75. The zero-order valence-electron chi connectivity index (χ0n) is 4.59. The number of carbonyl (C=O) groups excluding carboxylic acids is 1. The predicted octanol–water partition coefficient (Wildman–Crippen LogP) is -0.450. The Hall–Kier alpha value is -0.610. The number of nitrogens with zero attached hydrogens (tertiary/aromatic N) is 1. The van der Waals surface area contributed by atoms with E-state index in [0.29, 0.717) is 0 Å². The summed E-state index contributed by atoms with van der Waals surface area (Å²) >= 11 is 0. The molecule has 0 rings (SSSR count). The summed E-state index contributed by atoms with van der Waals surface area (Å²) in [5, 5.41) is 0. The minimum Gasteiger partial charge on any atom is -0.469 e. The molecule has 4 nitrogen and oxygen atoms in total. The smallest absolute Gasteiger partial charge is 0.307 e. The van der Waals surface area contributed by atoms with Crippen LogP contribution in [0.4, 0.5) is 0 Å². The number of ether oxygens (including phenoxy) is 1. The van der Waals surface area contributed by atoms with Gasteiger partial charge in [-0.1, -0.05) is 0 Å². The van der Waals surface area contributed by atoms with Crippen molar-refractivity contribution < 1.29 is 14.4 Å². The van der Waals surface area contributed by atoms with E-state index >= 15 is 0 Å². The Morgan fingerprint density at radius 1 is 1.75 bits per heavy atom. The van der Waals surface area contributed by atoms with Crippen molar-refractivity contribution >= 4 is 5.97 Å². The zero-order chi connectivity index (χ0) is 6.41. The molecule has 0 saturated heterocycles. The number of methoxy groups -OCH3 is 1. The first-order chi connectivity index (χ1) is 3.81. The fourth-order valence-corrected chi connectivity index (χ4v) is 0.231. The molecule has 8 heavy (non-hydrogen) atoms. The highest BCUT2D eigenvalue weighted by Crippen LogP contribution is 1.81. The van der Waals surface area contributed by atoms with Crippen molar-refractivity contribution in [3.63, 3.8) is 0 Å². The molecular weight excluding hydrogens is 110 g/mol. The van der Waals surface area contributed by atoms with Crippen LogP contribution in [-0.2, 0) is 14.4 Å². The van der Waals surface area contributed by atoms with Gasteiger partial charge in [-0.2, -0.15) is 0 Å². The van der Waals surface area contributed by atoms with Crippen molar-refractivity contribution in [3.8, 4) is 0 Å². The molecule has 0 unspecified atom stereocenters. The van der Waals surface area contributed by atoms with Crippen molar-refractivity contribution in [2.24, 2.45) is 0 Å². The number of esters is 1. The SMILES string of the molecule is COC(=O)CCO[N]. The molecule has 46 valence electrons. The summed E-state index contributed by atoms with van der Waals surface area (Å²) in [7, 11) is 1.28. The number of rotatable bonds is 3. The van der Waals surface area contributed by atoms with Gasteiger partial charge in [0.05, 0.1) is 20.1 Å². The maximum absolute atomic E-state index is 10.2. The molecule has 0 aromatic rings. The first-order valence-corrected chi connectivity index (χ1v) is 2.14.